The van der Waals surface area contributed by atoms with Gasteiger partial charge in [-0.15, -0.1) is 0 Å². The molecule has 1 amide bonds. The number of nitrogens with zero attached hydrogens (tertiary/aromatic N) is 3. The predicted molar refractivity (Wildman–Crippen MR) is 119 cm³/mol. The van der Waals surface area contributed by atoms with Crippen LogP contribution in [0.1, 0.15) is 43.6 Å². The van der Waals surface area contributed by atoms with Crippen LogP contribution in [0, 0.1) is 0 Å². The average molecular weight is 440 g/mol. The maximum absolute atomic E-state index is 13.4. The fourth-order valence-corrected chi connectivity index (χ4v) is 4.19. The lowest BCUT2D eigenvalue weighted by atomic mass is 9.95. The van der Waals surface area contributed by atoms with Crippen LogP contribution in [0.5, 0.6) is 5.75 Å². The highest BCUT2D eigenvalue weighted by molar-refractivity contribution is 6.00. The third-order valence-electron chi connectivity index (χ3n) is 5.75. The van der Waals surface area contributed by atoms with Crippen LogP contribution in [0.25, 0.3) is 11.3 Å². The van der Waals surface area contributed by atoms with E-state index in [0.717, 1.165) is 11.1 Å². The highest BCUT2D eigenvalue weighted by Crippen LogP contribution is 2.44. The number of para-hydroxylation sites is 1. The Morgan fingerprint density at radius 1 is 1.12 bits per heavy atom. The Kier molecular flexibility index (Phi) is 5.10. The zero-order chi connectivity index (χ0) is 22.9. The van der Waals surface area contributed by atoms with Gasteiger partial charge < -0.3 is 14.7 Å². The maximum Gasteiger partial charge on any atom is 0.337 e. The van der Waals surface area contributed by atoms with Crippen LogP contribution in [0.2, 0.25) is 0 Å². The molecular weight excluding hydrogens is 420 g/mol. The number of carbonyl (C=O) groups excluding carboxylic acids is 2. The van der Waals surface area contributed by atoms with Gasteiger partial charge in [-0.3, -0.25) is 14.9 Å². The van der Waals surface area contributed by atoms with E-state index in [1.165, 1.54) is 7.11 Å². The normalized spacial score (nSPS) is 14.9. The third kappa shape index (κ3) is 3.51. The zero-order valence-corrected chi connectivity index (χ0v) is 17.7. The minimum atomic E-state index is -0.479. The van der Waals surface area contributed by atoms with Gasteiger partial charge in [0.1, 0.15) is 17.1 Å². The van der Waals surface area contributed by atoms with Crippen molar-refractivity contribution >= 4 is 11.9 Å². The molecule has 2 N–H and O–H groups in total. The van der Waals surface area contributed by atoms with Crippen LogP contribution >= 0.6 is 0 Å². The lowest BCUT2D eigenvalue weighted by Gasteiger charge is -2.26. The fraction of sp³-hybridized carbons (Fsp3) is 0.120. The number of esters is 1. The van der Waals surface area contributed by atoms with Crippen molar-refractivity contribution in [2.75, 3.05) is 7.11 Å². The number of aromatic hydroxyl groups is 1. The molecule has 3 heterocycles. The van der Waals surface area contributed by atoms with Crippen molar-refractivity contribution in [1.29, 1.82) is 0 Å². The number of phenolic OH excluding ortho intramolecular Hbond substituents is 1. The van der Waals surface area contributed by atoms with E-state index in [1.54, 1.807) is 65.8 Å². The van der Waals surface area contributed by atoms with E-state index >= 15 is 0 Å². The molecule has 1 atom stereocenters. The SMILES string of the molecule is COC(=O)c1ccc(C2c3c(-c4ccccc4O)n[nH]c3C(=O)N2Cc2cccnc2)cc1. The molecule has 0 radical (unpaired) electrons. The zero-order valence-electron chi connectivity index (χ0n) is 17.7. The molecule has 0 spiro atoms. The van der Waals surface area contributed by atoms with Gasteiger partial charge in [0.25, 0.3) is 5.91 Å². The second kappa shape index (κ2) is 8.23. The summed E-state index contributed by atoms with van der Waals surface area (Å²) in [7, 11) is 1.33. The number of amides is 1. The van der Waals surface area contributed by atoms with Crippen molar-refractivity contribution in [1.82, 2.24) is 20.1 Å². The molecule has 2 aromatic heterocycles. The first-order valence-electron chi connectivity index (χ1n) is 10.3. The summed E-state index contributed by atoms with van der Waals surface area (Å²) in [5.74, 6) is -0.565. The van der Waals surface area contributed by atoms with Gasteiger partial charge in [0.05, 0.1) is 18.7 Å². The number of pyridine rings is 1. The molecule has 1 aliphatic heterocycles. The van der Waals surface area contributed by atoms with Crippen LogP contribution in [-0.4, -0.2) is 44.2 Å². The van der Waals surface area contributed by atoms with E-state index in [4.69, 9.17) is 4.74 Å². The number of carbonyl (C=O) groups is 2. The van der Waals surface area contributed by atoms with E-state index in [2.05, 4.69) is 15.2 Å². The van der Waals surface area contributed by atoms with Crippen LogP contribution in [0.4, 0.5) is 0 Å². The van der Waals surface area contributed by atoms with Crippen LogP contribution in [0.3, 0.4) is 0 Å². The number of nitrogens with one attached hydrogen (secondary N) is 1. The number of hydrogen-bond donors (Lipinski definition) is 2. The molecule has 0 saturated carbocycles. The van der Waals surface area contributed by atoms with E-state index in [1.807, 2.05) is 12.1 Å². The summed E-state index contributed by atoms with van der Waals surface area (Å²) in [4.78, 5) is 31.2. The first-order valence-corrected chi connectivity index (χ1v) is 10.3. The van der Waals surface area contributed by atoms with E-state index in [-0.39, 0.29) is 11.7 Å². The van der Waals surface area contributed by atoms with Crippen molar-refractivity contribution in [3.63, 3.8) is 0 Å². The summed E-state index contributed by atoms with van der Waals surface area (Å²) >= 11 is 0. The molecular formula is C25H20N4O4. The van der Waals surface area contributed by atoms with Gasteiger partial charge in [-0.25, -0.2) is 4.79 Å². The second-order valence-corrected chi connectivity index (χ2v) is 7.69. The Labute approximate surface area is 189 Å². The Morgan fingerprint density at radius 3 is 2.61 bits per heavy atom. The minimum absolute atomic E-state index is 0.0738. The largest absolute Gasteiger partial charge is 0.507 e. The topological polar surface area (TPSA) is 108 Å². The molecule has 8 nitrogen and oxygen atoms in total. The number of fused-ring (bicyclic) bond motifs is 1. The van der Waals surface area contributed by atoms with E-state index < -0.39 is 12.0 Å². The average Bonchev–Trinajstić information content (AvgIpc) is 3.39. The molecule has 33 heavy (non-hydrogen) atoms. The van der Waals surface area contributed by atoms with Crippen molar-refractivity contribution in [2.24, 2.45) is 0 Å². The summed E-state index contributed by atoms with van der Waals surface area (Å²) < 4.78 is 4.80. The van der Waals surface area contributed by atoms with Gasteiger partial charge in [0.15, 0.2) is 0 Å². The molecule has 5 rings (SSSR count). The van der Waals surface area contributed by atoms with Gasteiger partial charge in [-0.2, -0.15) is 5.10 Å². The molecule has 8 heteroatoms. The molecule has 0 fully saturated rings. The van der Waals surface area contributed by atoms with Crippen molar-refractivity contribution in [3.8, 4) is 17.0 Å². The second-order valence-electron chi connectivity index (χ2n) is 7.69. The molecule has 164 valence electrons. The fourth-order valence-electron chi connectivity index (χ4n) is 4.19. The highest BCUT2D eigenvalue weighted by atomic mass is 16.5. The molecule has 1 unspecified atom stereocenters. The first-order chi connectivity index (χ1) is 16.1. The van der Waals surface area contributed by atoms with Crippen molar-refractivity contribution in [2.45, 2.75) is 12.6 Å². The van der Waals surface area contributed by atoms with Crippen LogP contribution in [-0.2, 0) is 11.3 Å². The lowest BCUT2D eigenvalue weighted by Crippen LogP contribution is -2.29. The number of hydrogen-bond acceptors (Lipinski definition) is 6. The van der Waals surface area contributed by atoms with Gasteiger partial charge in [0, 0.05) is 30.1 Å². The number of benzene rings is 2. The number of aromatic amines is 1. The molecule has 0 saturated heterocycles. The smallest absolute Gasteiger partial charge is 0.337 e. The molecule has 4 aromatic rings. The maximum atomic E-state index is 13.4. The number of phenols is 1. The highest BCUT2D eigenvalue weighted by Gasteiger charge is 2.42. The number of aromatic nitrogens is 3. The molecule has 0 aliphatic carbocycles. The van der Waals surface area contributed by atoms with Crippen LogP contribution < -0.4 is 0 Å². The third-order valence-corrected chi connectivity index (χ3v) is 5.75. The standard InChI is InChI=1S/C25H20N4O4/c1-33-25(32)17-10-8-16(9-11-17)23-20-21(18-6-2-3-7-19(18)30)27-28-22(20)24(31)29(23)14-15-5-4-12-26-13-15/h2-13,23,30H,14H2,1H3,(H,27,28). The molecule has 0 bridgehead atoms. The Morgan fingerprint density at radius 2 is 1.91 bits per heavy atom. The Hall–Kier alpha value is -4.46. The summed E-state index contributed by atoms with van der Waals surface area (Å²) in [6, 6.07) is 17.1. The van der Waals surface area contributed by atoms with E-state index in [9.17, 15) is 14.7 Å². The van der Waals surface area contributed by atoms with Gasteiger partial charge >= 0.3 is 5.97 Å². The van der Waals surface area contributed by atoms with Crippen molar-refractivity contribution in [3.05, 3.63) is 101 Å². The Balaban J connectivity index is 1.64. The number of H-pyrrole nitrogens is 1. The van der Waals surface area contributed by atoms with Crippen LogP contribution in [0.15, 0.2) is 73.1 Å². The number of rotatable bonds is 5. The summed E-state index contributed by atoms with van der Waals surface area (Å²) in [6.45, 7) is 0.332. The summed E-state index contributed by atoms with van der Waals surface area (Å²) in [5.41, 5.74) is 4.18. The summed E-state index contributed by atoms with van der Waals surface area (Å²) in [6.07, 6.45) is 3.40. The van der Waals surface area contributed by atoms with Gasteiger partial charge in [0.2, 0.25) is 0 Å². The molecule has 2 aromatic carbocycles. The van der Waals surface area contributed by atoms with Gasteiger partial charge in [-0.05, 0) is 41.5 Å². The van der Waals surface area contributed by atoms with Crippen molar-refractivity contribution < 1.29 is 19.4 Å². The monoisotopic (exact) mass is 440 g/mol. The number of methoxy groups -OCH3 is 1. The lowest BCUT2D eigenvalue weighted by molar-refractivity contribution is 0.0600. The van der Waals surface area contributed by atoms with Gasteiger partial charge in [-0.1, -0.05) is 30.3 Å². The Bertz CT molecular complexity index is 1330. The quantitative estimate of drug-likeness (QED) is 0.458. The number of ether oxygens (including phenoxy) is 1. The van der Waals surface area contributed by atoms with E-state index in [0.29, 0.717) is 34.6 Å². The molecule has 1 aliphatic rings. The summed E-state index contributed by atoms with van der Waals surface area (Å²) in [5, 5.41) is 17.7. The minimum Gasteiger partial charge on any atom is -0.507 e. The first kappa shape index (κ1) is 20.4. The predicted octanol–water partition coefficient (Wildman–Crippen LogP) is 3.71.